The first-order valence-corrected chi connectivity index (χ1v) is 8.47. The van der Waals surface area contributed by atoms with Crippen molar-refractivity contribution >= 4 is 67.0 Å². The van der Waals surface area contributed by atoms with Crippen LogP contribution in [-0.4, -0.2) is 72.7 Å². The number of phosphoric ester groups is 1. The molecular formula is C8H21KO7P2. The van der Waals surface area contributed by atoms with E-state index in [-0.39, 0.29) is 63.9 Å². The van der Waals surface area contributed by atoms with E-state index in [0.717, 1.165) is 25.7 Å². The molecule has 0 aliphatic heterocycles. The molecule has 0 aliphatic rings. The molecule has 0 aromatic carbocycles. The summed E-state index contributed by atoms with van der Waals surface area (Å²) in [4.78, 5) is 25.8. The van der Waals surface area contributed by atoms with E-state index < -0.39 is 15.6 Å². The van der Waals surface area contributed by atoms with Crippen molar-refractivity contribution in [3.8, 4) is 0 Å². The quantitative estimate of drug-likeness (QED) is 0.436. The Bertz CT molecular complexity index is 306. The van der Waals surface area contributed by atoms with Crippen molar-refractivity contribution in [2.45, 2.75) is 39.5 Å². The SMILES string of the molecule is CCCCC(CC)COP(=O)(O)OP(=O)(O)O.[KH]. The van der Waals surface area contributed by atoms with Crippen LogP contribution >= 0.6 is 15.6 Å². The van der Waals surface area contributed by atoms with Crippen molar-refractivity contribution < 1.29 is 32.6 Å². The van der Waals surface area contributed by atoms with E-state index in [4.69, 9.17) is 14.7 Å². The monoisotopic (exact) mass is 330 g/mol. The van der Waals surface area contributed by atoms with Crippen molar-refractivity contribution in [1.82, 2.24) is 0 Å². The molecular weight excluding hydrogens is 309 g/mol. The average Bonchev–Trinajstić information content (AvgIpc) is 2.14. The third-order valence-electron chi connectivity index (χ3n) is 2.23. The van der Waals surface area contributed by atoms with Gasteiger partial charge in [0.1, 0.15) is 0 Å². The predicted octanol–water partition coefficient (Wildman–Crippen LogP) is 1.78. The third-order valence-corrected chi connectivity index (χ3v) is 4.38. The van der Waals surface area contributed by atoms with E-state index in [1.54, 1.807) is 0 Å². The molecule has 10 heteroatoms. The molecule has 2 unspecified atom stereocenters. The molecule has 3 N–H and O–H groups in total. The molecule has 0 aromatic heterocycles. The first-order chi connectivity index (χ1) is 7.70. The molecule has 0 aliphatic carbocycles. The van der Waals surface area contributed by atoms with Gasteiger partial charge in [-0.15, -0.1) is 0 Å². The molecule has 18 heavy (non-hydrogen) atoms. The summed E-state index contributed by atoms with van der Waals surface area (Å²) in [5.74, 6) is 0.0794. The van der Waals surface area contributed by atoms with Crippen LogP contribution in [0.3, 0.4) is 0 Å². The van der Waals surface area contributed by atoms with Crippen LogP contribution in [0.5, 0.6) is 0 Å². The summed E-state index contributed by atoms with van der Waals surface area (Å²) in [6.45, 7) is 3.89. The van der Waals surface area contributed by atoms with E-state index in [2.05, 4.69) is 8.83 Å². The summed E-state index contributed by atoms with van der Waals surface area (Å²) in [6.07, 6.45) is 3.57. The van der Waals surface area contributed by atoms with Crippen LogP contribution in [-0.2, 0) is 18.0 Å². The van der Waals surface area contributed by atoms with Gasteiger partial charge in [0.05, 0.1) is 6.61 Å². The molecule has 0 aromatic rings. The fraction of sp³-hybridized carbons (Fsp3) is 1.00. The van der Waals surface area contributed by atoms with Crippen LogP contribution in [0.1, 0.15) is 39.5 Å². The summed E-state index contributed by atoms with van der Waals surface area (Å²) < 4.78 is 29.8. The summed E-state index contributed by atoms with van der Waals surface area (Å²) in [6, 6.07) is 0. The molecule has 0 spiro atoms. The molecule has 7 nitrogen and oxygen atoms in total. The van der Waals surface area contributed by atoms with Crippen LogP contribution in [0.4, 0.5) is 0 Å². The van der Waals surface area contributed by atoms with Crippen molar-refractivity contribution in [3.63, 3.8) is 0 Å². The number of unbranched alkanes of at least 4 members (excludes halogenated alkanes) is 1. The molecule has 0 rings (SSSR count). The Balaban J connectivity index is 0. The zero-order chi connectivity index (χ0) is 13.5. The number of hydrogen-bond donors (Lipinski definition) is 3. The van der Waals surface area contributed by atoms with E-state index in [0.29, 0.717) is 0 Å². The Labute approximate surface area is 150 Å². The van der Waals surface area contributed by atoms with E-state index in [1.165, 1.54) is 0 Å². The maximum absolute atomic E-state index is 11.1. The molecule has 2 atom stereocenters. The Kier molecular flexibility index (Phi) is 13.1. The van der Waals surface area contributed by atoms with Crippen molar-refractivity contribution in [3.05, 3.63) is 0 Å². The summed E-state index contributed by atoms with van der Waals surface area (Å²) in [7, 11) is -9.69. The van der Waals surface area contributed by atoms with Gasteiger partial charge in [0, 0.05) is 0 Å². The molecule has 106 valence electrons. The summed E-state index contributed by atoms with van der Waals surface area (Å²) in [5, 5.41) is 0. The zero-order valence-corrected chi connectivity index (χ0v) is 11.8. The minimum atomic E-state index is -5.01. The third kappa shape index (κ3) is 12.9. The van der Waals surface area contributed by atoms with Crippen LogP contribution in [0.15, 0.2) is 0 Å². The standard InChI is InChI=1S/C8H20O7P2.K.H/c1-3-5-6-8(4-2)7-14-17(12,13)15-16(9,10)11;;/h8H,3-7H2,1-2H3,(H,12,13)(H2,9,10,11);;. The van der Waals surface area contributed by atoms with Crippen LogP contribution in [0.25, 0.3) is 0 Å². The molecule has 0 saturated heterocycles. The second-order valence-electron chi connectivity index (χ2n) is 3.75. The van der Waals surface area contributed by atoms with Crippen molar-refractivity contribution in [2.24, 2.45) is 5.92 Å². The van der Waals surface area contributed by atoms with E-state index in [9.17, 15) is 9.13 Å². The second kappa shape index (κ2) is 10.6. The normalized spacial score (nSPS) is 16.7. The maximum atomic E-state index is 11.1. The predicted molar refractivity (Wildman–Crippen MR) is 69.4 cm³/mol. The molecule has 0 radical (unpaired) electrons. The van der Waals surface area contributed by atoms with Crippen LogP contribution in [0, 0.1) is 5.92 Å². The molecule has 0 fully saturated rings. The zero-order valence-electron chi connectivity index (χ0n) is 9.98. The topological polar surface area (TPSA) is 113 Å². The van der Waals surface area contributed by atoms with Crippen LogP contribution in [0.2, 0.25) is 0 Å². The van der Waals surface area contributed by atoms with Gasteiger partial charge in [-0.3, -0.25) is 4.52 Å². The molecule has 0 bridgehead atoms. The van der Waals surface area contributed by atoms with Crippen LogP contribution < -0.4 is 0 Å². The van der Waals surface area contributed by atoms with Gasteiger partial charge >= 0.3 is 67.0 Å². The molecule has 0 saturated carbocycles. The number of rotatable bonds is 9. The number of phosphoric acid groups is 2. The Hall–Kier alpha value is 1.90. The molecule has 0 amide bonds. The minimum absolute atomic E-state index is 0. The van der Waals surface area contributed by atoms with Gasteiger partial charge < -0.3 is 14.7 Å². The summed E-state index contributed by atoms with van der Waals surface area (Å²) >= 11 is 0. The fourth-order valence-electron chi connectivity index (χ4n) is 1.26. The fourth-order valence-corrected chi connectivity index (χ4v) is 2.92. The Morgan fingerprint density at radius 2 is 1.72 bits per heavy atom. The Morgan fingerprint density at radius 1 is 1.17 bits per heavy atom. The van der Waals surface area contributed by atoms with Gasteiger partial charge in [0.15, 0.2) is 0 Å². The Morgan fingerprint density at radius 3 is 2.11 bits per heavy atom. The molecule has 0 heterocycles. The first kappa shape index (κ1) is 22.2. The first-order valence-electron chi connectivity index (χ1n) is 5.44. The van der Waals surface area contributed by atoms with Gasteiger partial charge in [0.2, 0.25) is 0 Å². The van der Waals surface area contributed by atoms with Gasteiger partial charge in [-0.2, -0.15) is 4.31 Å². The summed E-state index contributed by atoms with van der Waals surface area (Å²) in [5.41, 5.74) is 0. The van der Waals surface area contributed by atoms with Gasteiger partial charge in [0.25, 0.3) is 0 Å². The second-order valence-corrected chi connectivity index (χ2v) is 6.58. The van der Waals surface area contributed by atoms with Crippen molar-refractivity contribution in [1.29, 1.82) is 0 Å². The average molecular weight is 330 g/mol. The van der Waals surface area contributed by atoms with Gasteiger partial charge in [-0.25, -0.2) is 9.13 Å². The van der Waals surface area contributed by atoms with E-state index >= 15 is 0 Å². The number of hydrogen-bond acceptors (Lipinski definition) is 4. The van der Waals surface area contributed by atoms with Gasteiger partial charge in [-0.1, -0.05) is 33.1 Å². The van der Waals surface area contributed by atoms with E-state index in [1.807, 2.05) is 13.8 Å². The van der Waals surface area contributed by atoms with Crippen molar-refractivity contribution in [2.75, 3.05) is 6.61 Å². The van der Waals surface area contributed by atoms with Gasteiger partial charge in [-0.05, 0) is 12.3 Å².